The van der Waals surface area contributed by atoms with E-state index in [9.17, 15) is 15.3 Å². The molecule has 5 atom stereocenters. The molecule has 0 unspecified atom stereocenters. The van der Waals surface area contributed by atoms with E-state index in [-0.39, 0.29) is 0 Å². The van der Waals surface area contributed by atoms with Gasteiger partial charge in [-0.15, -0.1) is 0 Å². The summed E-state index contributed by atoms with van der Waals surface area (Å²) in [5.74, 6) is 0. The van der Waals surface area contributed by atoms with Crippen molar-refractivity contribution in [2.24, 2.45) is 0 Å². The van der Waals surface area contributed by atoms with Gasteiger partial charge in [0.1, 0.15) is 24.4 Å². The third-order valence-electron chi connectivity index (χ3n) is 3.01. The molecule has 1 fully saturated rings. The number of rotatable bonds is 3. The minimum atomic E-state index is -1.30. The summed E-state index contributed by atoms with van der Waals surface area (Å²) in [6, 6.07) is 8.13. The highest BCUT2D eigenvalue weighted by atomic mass is 16.6. The Hall–Kier alpha value is -1.18. The first kappa shape index (κ1) is 13.3. The third-order valence-corrected chi connectivity index (χ3v) is 3.01. The zero-order valence-electron chi connectivity index (χ0n) is 9.68. The highest BCUT2D eigenvalue weighted by Gasteiger charge is 2.43. The SMILES string of the molecule is OC[C@H]1O[C@@H](O)[C@H](Nc2ccccc2)[C@@H](O)[C@@H]1O. The van der Waals surface area contributed by atoms with Gasteiger partial charge in [0.05, 0.1) is 6.61 Å². The minimum absolute atomic E-state index is 0.465. The Balaban J connectivity index is 2.08. The lowest BCUT2D eigenvalue weighted by Gasteiger charge is -2.40. The van der Waals surface area contributed by atoms with Crippen LogP contribution >= 0.6 is 0 Å². The van der Waals surface area contributed by atoms with Gasteiger partial charge in [-0.05, 0) is 12.1 Å². The fraction of sp³-hybridized carbons (Fsp3) is 0.500. The number of benzene rings is 1. The van der Waals surface area contributed by atoms with Gasteiger partial charge in [-0.25, -0.2) is 0 Å². The highest BCUT2D eigenvalue weighted by Crippen LogP contribution is 2.22. The Morgan fingerprint density at radius 3 is 2.33 bits per heavy atom. The van der Waals surface area contributed by atoms with Gasteiger partial charge in [-0.2, -0.15) is 0 Å². The van der Waals surface area contributed by atoms with Gasteiger partial charge in [-0.1, -0.05) is 18.2 Å². The molecule has 1 aromatic rings. The molecule has 6 nitrogen and oxygen atoms in total. The average molecular weight is 255 g/mol. The summed E-state index contributed by atoms with van der Waals surface area (Å²) >= 11 is 0. The van der Waals surface area contributed by atoms with Crippen molar-refractivity contribution in [1.29, 1.82) is 0 Å². The number of ether oxygens (including phenoxy) is 1. The molecular formula is C12H17NO5. The Bertz CT molecular complexity index is 374. The van der Waals surface area contributed by atoms with Gasteiger partial charge < -0.3 is 30.5 Å². The zero-order chi connectivity index (χ0) is 13.1. The van der Waals surface area contributed by atoms with Crippen molar-refractivity contribution in [3.05, 3.63) is 30.3 Å². The number of hydrogen-bond donors (Lipinski definition) is 5. The smallest absolute Gasteiger partial charge is 0.178 e. The minimum Gasteiger partial charge on any atom is -0.394 e. The fourth-order valence-electron chi connectivity index (χ4n) is 1.98. The summed E-state index contributed by atoms with van der Waals surface area (Å²) < 4.78 is 5.04. The summed E-state index contributed by atoms with van der Waals surface area (Å²) in [6.07, 6.45) is -4.77. The quantitative estimate of drug-likeness (QED) is 0.470. The van der Waals surface area contributed by atoms with Gasteiger partial charge >= 0.3 is 0 Å². The summed E-state index contributed by atoms with van der Waals surface area (Å²) in [5, 5.41) is 41.2. The molecule has 0 spiro atoms. The molecule has 0 saturated carbocycles. The molecule has 18 heavy (non-hydrogen) atoms. The number of para-hydroxylation sites is 1. The van der Waals surface area contributed by atoms with Gasteiger partial charge in [0.25, 0.3) is 0 Å². The maximum absolute atomic E-state index is 9.91. The van der Waals surface area contributed by atoms with E-state index >= 15 is 0 Å². The van der Waals surface area contributed by atoms with Crippen molar-refractivity contribution in [3.8, 4) is 0 Å². The molecule has 100 valence electrons. The van der Waals surface area contributed by atoms with E-state index < -0.39 is 37.3 Å². The van der Waals surface area contributed by atoms with Crippen LogP contribution in [0.5, 0.6) is 0 Å². The first-order valence-corrected chi connectivity index (χ1v) is 5.75. The van der Waals surface area contributed by atoms with Crippen LogP contribution in [0.15, 0.2) is 30.3 Å². The Labute approximate surface area is 104 Å². The lowest BCUT2D eigenvalue weighted by Crippen LogP contribution is -2.61. The number of aliphatic hydroxyl groups excluding tert-OH is 4. The van der Waals surface area contributed by atoms with Crippen molar-refractivity contribution in [1.82, 2.24) is 0 Å². The third kappa shape index (κ3) is 2.63. The van der Waals surface area contributed by atoms with Crippen LogP contribution in [0.3, 0.4) is 0 Å². The molecule has 0 aliphatic carbocycles. The highest BCUT2D eigenvalue weighted by molar-refractivity contribution is 5.44. The molecule has 0 bridgehead atoms. The second kappa shape index (κ2) is 5.64. The second-order valence-corrected chi connectivity index (χ2v) is 4.27. The summed E-state index contributed by atoms with van der Waals surface area (Å²) in [7, 11) is 0. The predicted molar refractivity (Wildman–Crippen MR) is 63.8 cm³/mol. The first-order valence-electron chi connectivity index (χ1n) is 5.75. The van der Waals surface area contributed by atoms with Crippen molar-refractivity contribution in [2.75, 3.05) is 11.9 Å². The monoisotopic (exact) mass is 255 g/mol. The first-order chi connectivity index (χ1) is 8.63. The Kier molecular flexibility index (Phi) is 4.15. The zero-order valence-corrected chi connectivity index (χ0v) is 9.68. The molecule has 0 aromatic heterocycles. The molecule has 6 heteroatoms. The average Bonchev–Trinajstić information content (AvgIpc) is 2.40. The number of aliphatic hydroxyl groups is 4. The summed E-state index contributed by atoms with van der Waals surface area (Å²) in [4.78, 5) is 0. The maximum Gasteiger partial charge on any atom is 0.178 e. The topological polar surface area (TPSA) is 102 Å². The van der Waals surface area contributed by atoms with E-state index in [0.717, 1.165) is 0 Å². The van der Waals surface area contributed by atoms with Crippen LogP contribution in [-0.2, 0) is 4.74 Å². The van der Waals surface area contributed by atoms with Gasteiger partial charge in [0.2, 0.25) is 0 Å². The molecule has 2 rings (SSSR count). The van der Waals surface area contributed by atoms with Gasteiger partial charge in [0, 0.05) is 5.69 Å². The normalized spacial score (nSPS) is 36.3. The van der Waals surface area contributed by atoms with Crippen molar-refractivity contribution >= 4 is 5.69 Å². The van der Waals surface area contributed by atoms with Crippen LogP contribution in [0.25, 0.3) is 0 Å². The predicted octanol–water partition coefficient (Wildman–Crippen LogP) is -1.10. The molecule has 1 aromatic carbocycles. The molecule has 0 amide bonds. The van der Waals surface area contributed by atoms with Crippen molar-refractivity contribution in [2.45, 2.75) is 30.6 Å². The van der Waals surface area contributed by atoms with E-state index in [1.54, 1.807) is 24.3 Å². The molecule has 5 N–H and O–H groups in total. The lowest BCUT2D eigenvalue weighted by molar-refractivity contribution is -0.245. The van der Waals surface area contributed by atoms with Crippen LogP contribution in [0.4, 0.5) is 5.69 Å². The van der Waals surface area contributed by atoms with Crippen LogP contribution < -0.4 is 5.32 Å². The van der Waals surface area contributed by atoms with Crippen LogP contribution in [0, 0.1) is 0 Å². The van der Waals surface area contributed by atoms with Crippen molar-refractivity contribution < 1.29 is 25.2 Å². The number of hydrogen-bond acceptors (Lipinski definition) is 6. The molecular weight excluding hydrogens is 238 g/mol. The molecule has 1 aliphatic heterocycles. The standard InChI is InChI=1S/C12H17NO5/c14-6-8-10(15)11(16)9(12(17)18-8)13-7-4-2-1-3-5-7/h1-5,8-17H,6H2/t8-,9-,10-,11-,12-/m1/s1. The fourth-order valence-corrected chi connectivity index (χ4v) is 1.98. The van der Waals surface area contributed by atoms with E-state index in [2.05, 4.69) is 5.32 Å². The van der Waals surface area contributed by atoms with Crippen LogP contribution in [-0.4, -0.2) is 57.7 Å². The Morgan fingerprint density at radius 1 is 1.06 bits per heavy atom. The van der Waals surface area contributed by atoms with Crippen LogP contribution in [0.1, 0.15) is 0 Å². The van der Waals surface area contributed by atoms with Gasteiger partial charge in [-0.3, -0.25) is 0 Å². The van der Waals surface area contributed by atoms with E-state index in [0.29, 0.717) is 5.69 Å². The van der Waals surface area contributed by atoms with Crippen molar-refractivity contribution in [3.63, 3.8) is 0 Å². The lowest BCUT2D eigenvalue weighted by atomic mass is 9.97. The molecule has 1 heterocycles. The number of nitrogens with one attached hydrogen (secondary N) is 1. The van der Waals surface area contributed by atoms with Gasteiger partial charge in [0.15, 0.2) is 6.29 Å². The second-order valence-electron chi connectivity index (χ2n) is 4.27. The summed E-state index contributed by atoms with van der Waals surface area (Å²) in [6.45, 7) is -0.465. The summed E-state index contributed by atoms with van der Waals surface area (Å²) in [5.41, 5.74) is 0.693. The largest absolute Gasteiger partial charge is 0.394 e. The van der Waals surface area contributed by atoms with E-state index in [1.807, 2.05) is 6.07 Å². The number of anilines is 1. The molecule has 1 saturated heterocycles. The van der Waals surface area contributed by atoms with E-state index in [4.69, 9.17) is 9.84 Å². The molecule has 1 aliphatic rings. The van der Waals surface area contributed by atoms with E-state index in [1.165, 1.54) is 0 Å². The maximum atomic E-state index is 9.91. The molecule has 0 radical (unpaired) electrons. The van der Waals surface area contributed by atoms with Crippen LogP contribution in [0.2, 0.25) is 0 Å². The Morgan fingerprint density at radius 2 is 1.72 bits per heavy atom.